The molecule has 0 spiro atoms. The molecule has 0 aliphatic carbocycles. The summed E-state index contributed by atoms with van der Waals surface area (Å²) < 4.78 is 1.72. The van der Waals surface area contributed by atoms with Gasteiger partial charge in [-0.15, -0.1) is 5.10 Å². The zero-order valence-electron chi connectivity index (χ0n) is 8.35. The minimum absolute atomic E-state index is 0.816. The van der Waals surface area contributed by atoms with Gasteiger partial charge in [0.15, 0.2) is 0 Å². The Hall–Kier alpha value is -2.43. The molecule has 0 saturated heterocycles. The Morgan fingerprint density at radius 2 is 1.94 bits per heavy atom. The van der Waals surface area contributed by atoms with Crippen LogP contribution in [0.5, 0.6) is 0 Å². The van der Waals surface area contributed by atoms with Gasteiger partial charge in [0.25, 0.3) is 0 Å². The molecular weight excluding hydrogens is 202 g/mol. The highest BCUT2D eigenvalue weighted by molar-refractivity contribution is 6.04. The Bertz CT molecular complexity index is 553. The van der Waals surface area contributed by atoms with Crippen molar-refractivity contribution in [3.8, 4) is 11.3 Å². The molecule has 77 valence electrons. The lowest BCUT2D eigenvalue weighted by molar-refractivity contribution is 0.832. The van der Waals surface area contributed by atoms with Gasteiger partial charge in [-0.1, -0.05) is 35.5 Å². The van der Waals surface area contributed by atoms with Crippen LogP contribution in [-0.4, -0.2) is 21.2 Å². The number of nitrogens with zero attached hydrogens (tertiary/aromatic N) is 5. The number of hydrogen-bond donors (Lipinski definition) is 0. The minimum Gasteiger partial charge on any atom is -0.210 e. The lowest BCUT2D eigenvalue weighted by atomic mass is 10.2. The first-order chi connectivity index (χ1) is 7.95. The summed E-state index contributed by atoms with van der Waals surface area (Å²) in [5.41, 5.74) is 6.58. The number of hydrogen-bond acceptors (Lipinski definition) is 3. The Labute approximate surface area is 92.1 Å². The number of aromatic nitrogens is 3. The van der Waals surface area contributed by atoms with Crippen LogP contribution in [0.2, 0.25) is 0 Å². The van der Waals surface area contributed by atoms with Crippen LogP contribution in [0.25, 0.3) is 17.0 Å². The van der Waals surface area contributed by atoms with Gasteiger partial charge in [-0.05, 0) is 0 Å². The summed E-state index contributed by atoms with van der Waals surface area (Å²) in [6, 6.07) is 9.96. The molecule has 0 fully saturated rings. The second kappa shape index (κ2) is 3.62. The van der Waals surface area contributed by atoms with Gasteiger partial charge in [0.05, 0.1) is 24.3 Å². The molecule has 1 aromatic carbocycles. The molecule has 1 aliphatic rings. The van der Waals surface area contributed by atoms with Crippen molar-refractivity contribution in [2.24, 2.45) is 5.10 Å². The summed E-state index contributed by atoms with van der Waals surface area (Å²) in [7, 11) is 0. The smallest absolute Gasteiger partial charge is 0.107 e. The standard InChI is InChI=1S/C11H8N5/c1-2-4-9(5-3-1)11-8-14-15-16(11)10-6-12-13-7-10/h1-8H. The zero-order chi connectivity index (χ0) is 10.8. The van der Waals surface area contributed by atoms with Crippen LogP contribution >= 0.6 is 0 Å². The van der Waals surface area contributed by atoms with E-state index in [2.05, 4.69) is 20.8 Å². The molecule has 1 radical (unpaired) electrons. The van der Waals surface area contributed by atoms with Crippen molar-refractivity contribution in [2.75, 3.05) is 0 Å². The Morgan fingerprint density at radius 3 is 2.69 bits per heavy atom. The summed E-state index contributed by atoms with van der Waals surface area (Å²) >= 11 is 0. The van der Waals surface area contributed by atoms with Crippen molar-refractivity contribution in [2.45, 2.75) is 0 Å². The lowest BCUT2D eigenvalue weighted by Gasteiger charge is -2.03. The maximum absolute atomic E-state index is 4.02. The Morgan fingerprint density at radius 1 is 1.06 bits per heavy atom. The van der Waals surface area contributed by atoms with Crippen LogP contribution in [-0.2, 0) is 0 Å². The third-order valence-corrected chi connectivity index (χ3v) is 2.31. The first-order valence-electron chi connectivity index (χ1n) is 4.85. The maximum atomic E-state index is 4.02. The molecule has 5 heteroatoms. The number of allylic oxidation sites excluding steroid dienone is 1. The molecule has 0 amide bonds. The fourth-order valence-corrected chi connectivity index (χ4v) is 1.56. The van der Waals surface area contributed by atoms with E-state index < -0.39 is 0 Å². The second-order valence-electron chi connectivity index (χ2n) is 3.31. The fourth-order valence-electron chi connectivity index (χ4n) is 1.56. The van der Waals surface area contributed by atoms with E-state index in [0.29, 0.717) is 0 Å². The normalized spacial score (nSPS) is 13.6. The molecule has 0 saturated carbocycles. The van der Waals surface area contributed by atoms with Gasteiger partial charge in [-0.3, -0.25) is 0 Å². The molecule has 3 rings (SSSR count). The van der Waals surface area contributed by atoms with Gasteiger partial charge in [0, 0.05) is 5.56 Å². The quantitative estimate of drug-likeness (QED) is 0.751. The number of benzene rings is 1. The fraction of sp³-hybridized carbons (Fsp3) is 0. The third kappa shape index (κ3) is 1.38. The largest absolute Gasteiger partial charge is 0.210 e. The van der Waals surface area contributed by atoms with E-state index in [1.54, 1.807) is 23.3 Å². The first-order valence-corrected chi connectivity index (χ1v) is 4.85. The molecule has 5 nitrogen and oxygen atoms in total. The van der Waals surface area contributed by atoms with Gasteiger partial charge in [-0.25, -0.2) is 4.68 Å². The molecule has 0 atom stereocenters. The van der Waals surface area contributed by atoms with Gasteiger partial charge in [0.2, 0.25) is 0 Å². The van der Waals surface area contributed by atoms with Gasteiger partial charge in [-0.2, -0.15) is 10.5 Å². The first kappa shape index (κ1) is 8.84. The summed E-state index contributed by atoms with van der Waals surface area (Å²) in [5, 5.41) is 11.7. The zero-order valence-corrected chi connectivity index (χ0v) is 8.35. The number of rotatable bonds is 2. The molecule has 16 heavy (non-hydrogen) atoms. The van der Waals surface area contributed by atoms with Gasteiger partial charge >= 0.3 is 0 Å². The predicted molar refractivity (Wildman–Crippen MR) is 60.4 cm³/mol. The van der Waals surface area contributed by atoms with E-state index in [0.717, 1.165) is 17.0 Å². The maximum Gasteiger partial charge on any atom is 0.107 e. The highest BCUT2D eigenvalue weighted by Crippen LogP contribution is 2.20. The average molecular weight is 210 g/mol. The molecule has 0 bridgehead atoms. The lowest BCUT2D eigenvalue weighted by Crippen LogP contribution is -2.01. The van der Waals surface area contributed by atoms with E-state index >= 15 is 0 Å². The van der Waals surface area contributed by atoms with Crippen molar-refractivity contribution in [3.63, 3.8) is 0 Å². The Kier molecular flexibility index (Phi) is 2.00. The summed E-state index contributed by atoms with van der Waals surface area (Å²) in [6.45, 7) is 0. The molecule has 1 aliphatic heterocycles. The van der Waals surface area contributed by atoms with E-state index in [1.165, 1.54) is 0 Å². The van der Waals surface area contributed by atoms with Crippen LogP contribution < -0.4 is 5.43 Å². The van der Waals surface area contributed by atoms with Crippen molar-refractivity contribution >= 4 is 11.9 Å². The SMILES string of the molecule is C1=N[N]C=C1n1nncc1-c1ccccc1. The summed E-state index contributed by atoms with van der Waals surface area (Å²) in [4.78, 5) is 0. The molecular formula is C11H8N5. The monoisotopic (exact) mass is 210 g/mol. The molecule has 0 unspecified atom stereocenters. The van der Waals surface area contributed by atoms with Crippen molar-refractivity contribution in [1.29, 1.82) is 0 Å². The summed E-state index contributed by atoms with van der Waals surface area (Å²) in [5.74, 6) is 0. The van der Waals surface area contributed by atoms with Crippen LogP contribution in [0, 0.1) is 0 Å². The van der Waals surface area contributed by atoms with E-state index in [9.17, 15) is 0 Å². The summed E-state index contributed by atoms with van der Waals surface area (Å²) in [6.07, 6.45) is 5.03. The van der Waals surface area contributed by atoms with Crippen molar-refractivity contribution in [1.82, 2.24) is 20.4 Å². The highest BCUT2D eigenvalue weighted by atomic mass is 15.4. The van der Waals surface area contributed by atoms with Crippen molar-refractivity contribution in [3.05, 3.63) is 42.7 Å². The minimum atomic E-state index is 0.816. The van der Waals surface area contributed by atoms with Crippen LogP contribution in [0.15, 0.2) is 47.8 Å². The Balaban J connectivity index is 2.09. The van der Waals surface area contributed by atoms with Gasteiger partial charge in [0.1, 0.15) is 5.70 Å². The predicted octanol–water partition coefficient (Wildman–Crippen LogP) is 1.35. The molecule has 2 aromatic rings. The van der Waals surface area contributed by atoms with E-state index in [4.69, 9.17) is 0 Å². The topological polar surface area (TPSA) is 57.2 Å². The van der Waals surface area contributed by atoms with Crippen LogP contribution in [0.1, 0.15) is 0 Å². The third-order valence-electron chi connectivity index (χ3n) is 2.31. The van der Waals surface area contributed by atoms with Crippen LogP contribution in [0.4, 0.5) is 0 Å². The van der Waals surface area contributed by atoms with E-state index in [1.807, 2.05) is 30.3 Å². The second-order valence-corrected chi connectivity index (χ2v) is 3.31. The van der Waals surface area contributed by atoms with E-state index in [-0.39, 0.29) is 0 Å². The average Bonchev–Trinajstić information content (AvgIpc) is 3.01. The molecule has 1 aromatic heterocycles. The molecule has 0 N–H and O–H groups in total. The van der Waals surface area contributed by atoms with Crippen molar-refractivity contribution < 1.29 is 0 Å². The van der Waals surface area contributed by atoms with Crippen LogP contribution in [0.3, 0.4) is 0 Å². The highest BCUT2D eigenvalue weighted by Gasteiger charge is 2.11. The van der Waals surface area contributed by atoms with Gasteiger partial charge < -0.3 is 0 Å². The molecule has 2 heterocycles.